The maximum atomic E-state index is 13.5. The largest absolute Gasteiger partial charge is 0.361 e. The molecule has 0 aliphatic carbocycles. The van der Waals surface area contributed by atoms with Gasteiger partial charge >= 0.3 is 0 Å². The minimum absolute atomic E-state index is 0.000728. The Balaban J connectivity index is 1.60. The summed E-state index contributed by atoms with van der Waals surface area (Å²) in [5, 5.41) is 3.86. The average Bonchev–Trinajstić information content (AvgIpc) is 2.91. The van der Waals surface area contributed by atoms with Gasteiger partial charge in [0.25, 0.3) is 5.91 Å². The quantitative estimate of drug-likeness (QED) is 0.783. The molecule has 134 valence electrons. The lowest BCUT2D eigenvalue weighted by molar-refractivity contribution is -0.131. The van der Waals surface area contributed by atoms with Crippen LogP contribution in [0.25, 0.3) is 0 Å². The number of hydrogen-bond acceptors (Lipinski definition) is 6. The van der Waals surface area contributed by atoms with Gasteiger partial charge in [0, 0.05) is 31.7 Å². The molecule has 1 saturated heterocycles. The van der Waals surface area contributed by atoms with Crippen molar-refractivity contribution in [3.63, 3.8) is 0 Å². The summed E-state index contributed by atoms with van der Waals surface area (Å²) in [4.78, 5) is 35.3. The van der Waals surface area contributed by atoms with E-state index >= 15 is 0 Å². The zero-order valence-corrected chi connectivity index (χ0v) is 14.5. The summed E-state index contributed by atoms with van der Waals surface area (Å²) in [6, 6.07) is 0. The maximum Gasteiger partial charge on any atom is 0.289 e. The summed E-state index contributed by atoms with van der Waals surface area (Å²) >= 11 is 0. The number of carbonyl (C=O) groups is 2. The molecule has 0 N–H and O–H groups in total. The number of nitrogens with zero attached hydrogens (tertiary/aromatic N) is 5. The third-order valence-electron chi connectivity index (χ3n) is 4.49. The van der Waals surface area contributed by atoms with Crippen LogP contribution in [0.4, 0.5) is 4.39 Å². The minimum atomic E-state index is -1.75. The van der Waals surface area contributed by atoms with E-state index in [2.05, 4.69) is 15.1 Å². The number of hydrogen-bond donors (Lipinski definition) is 0. The number of aromatic nitrogens is 1. The van der Waals surface area contributed by atoms with Gasteiger partial charge in [0.1, 0.15) is 5.76 Å². The summed E-state index contributed by atoms with van der Waals surface area (Å²) in [5.41, 5.74) is 1.67. The van der Waals surface area contributed by atoms with Gasteiger partial charge in [-0.05, 0) is 20.8 Å². The molecule has 1 aromatic heterocycles. The second kappa shape index (κ2) is 6.73. The van der Waals surface area contributed by atoms with Gasteiger partial charge in [-0.1, -0.05) is 5.16 Å². The van der Waals surface area contributed by atoms with Crippen LogP contribution in [0, 0.1) is 13.8 Å². The van der Waals surface area contributed by atoms with Crippen LogP contribution >= 0.6 is 0 Å². The fourth-order valence-corrected chi connectivity index (χ4v) is 2.89. The van der Waals surface area contributed by atoms with Crippen LogP contribution in [0.1, 0.15) is 23.9 Å². The molecular formula is C16H20FN5O3. The van der Waals surface area contributed by atoms with Gasteiger partial charge < -0.3 is 14.3 Å². The van der Waals surface area contributed by atoms with Gasteiger partial charge in [0.05, 0.1) is 17.8 Å². The van der Waals surface area contributed by atoms with E-state index in [-0.39, 0.29) is 24.0 Å². The fourth-order valence-electron chi connectivity index (χ4n) is 2.89. The third-order valence-corrected chi connectivity index (χ3v) is 4.49. The molecule has 1 unspecified atom stereocenters. The third kappa shape index (κ3) is 3.45. The Morgan fingerprint density at radius 2 is 1.88 bits per heavy atom. The summed E-state index contributed by atoms with van der Waals surface area (Å²) in [5.74, 6) is 0.0676. The predicted molar refractivity (Wildman–Crippen MR) is 88.3 cm³/mol. The van der Waals surface area contributed by atoms with E-state index in [4.69, 9.17) is 4.52 Å². The molecule has 1 atom stereocenters. The van der Waals surface area contributed by atoms with Crippen LogP contribution < -0.4 is 0 Å². The Labute approximate surface area is 144 Å². The Kier molecular flexibility index (Phi) is 4.65. The highest BCUT2D eigenvalue weighted by molar-refractivity contribution is 6.16. The van der Waals surface area contributed by atoms with Crippen LogP contribution in [-0.4, -0.2) is 70.8 Å². The molecule has 2 aliphatic heterocycles. The number of piperazine rings is 1. The number of aliphatic imine (C=N–C) groups is 2. The Morgan fingerprint density at radius 3 is 2.44 bits per heavy atom. The number of alkyl halides is 1. The number of amides is 2. The van der Waals surface area contributed by atoms with E-state index in [1.54, 1.807) is 16.7 Å². The normalized spacial score (nSPS) is 21.3. The first-order valence-electron chi connectivity index (χ1n) is 8.13. The van der Waals surface area contributed by atoms with Crippen molar-refractivity contribution >= 4 is 23.5 Å². The highest BCUT2D eigenvalue weighted by Crippen LogP contribution is 2.16. The van der Waals surface area contributed by atoms with Crippen molar-refractivity contribution in [3.05, 3.63) is 17.0 Å². The lowest BCUT2D eigenvalue weighted by Crippen LogP contribution is -2.51. The standard InChI is InChI=1S/C16H20FN5O3/c1-9-12(11(3)25-20-9)8-13(23)21-4-6-22(7-5-21)16-18-10(2)14(17)15(24)19-16/h14H,4-8H2,1-3H3. The smallest absolute Gasteiger partial charge is 0.289 e. The lowest BCUT2D eigenvalue weighted by atomic mass is 10.1. The maximum absolute atomic E-state index is 13.5. The zero-order valence-electron chi connectivity index (χ0n) is 14.5. The molecule has 8 nitrogen and oxygen atoms in total. The molecule has 9 heteroatoms. The molecule has 0 spiro atoms. The van der Waals surface area contributed by atoms with Crippen LogP contribution in [0.5, 0.6) is 0 Å². The number of carbonyl (C=O) groups excluding carboxylic acids is 2. The van der Waals surface area contributed by atoms with Gasteiger partial charge in [0.15, 0.2) is 0 Å². The Morgan fingerprint density at radius 1 is 1.20 bits per heavy atom. The molecule has 0 radical (unpaired) electrons. The van der Waals surface area contributed by atoms with Crippen LogP contribution in [-0.2, 0) is 16.0 Å². The summed E-state index contributed by atoms with van der Waals surface area (Å²) in [6.45, 7) is 7.04. The SMILES string of the molecule is CC1=NC(N2CCN(C(=O)Cc3c(C)noc3C)CC2)=NC(=O)C1F. The van der Waals surface area contributed by atoms with Crippen LogP contribution in [0.2, 0.25) is 0 Å². The van der Waals surface area contributed by atoms with E-state index in [0.29, 0.717) is 31.9 Å². The van der Waals surface area contributed by atoms with Crippen molar-refractivity contribution in [1.82, 2.24) is 15.0 Å². The van der Waals surface area contributed by atoms with E-state index < -0.39 is 12.1 Å². The average molecular weight is 349 g/mol. The summed E-state index contributed by atoms with van der Waals surface area (Å²) in [6.07, 6.45) is -1.50. The van der Waals surface area contributed by atoms with Crippen molar-refractivity contribution in [2.75, 3.05) is 26.2 Å². The van der Waals surface area contributed by atoms with Crippen molar-refractivity contribution in [2.45, 2.75) is 33.4 Å². The highest BCUT2D eigenvalue weighted by atomic mass is 19.1. The second-order valence-electron chi connectivity index (χ2n) is 6.21. The molecular weight excluding hydrogens is 329 g/mol. The molecule has 1 aromatic rings. The van der Waals surface area contributed by atoms with Gasteiger partial charge in [-0.25, -0.2) is 9.38 Å². The number of rotatable bonds is 2. The van der Waals surface area contributed by atoms with Gasteiger partial charge in [-0.15, -0.1) is 0 Å². The summed E-state index contributed by atoms with van der Waals surface area (Å²) < 4.78 is 18.5. The molecule has 2 amide bonds. The van der Waals surface area contributed by atoms with E-state index in [1.807, 2.05) is 6.92 Å². The van der Waals surface area contributed by atoms with Crippen LogP contribution in [0.15, 0.2) is 14.5 Å². The number of guanidine groups is 1. The summed E-state index contributed by atoms with van der Waals surface area (Å²) in [7, 11) is 0. The number of aryl methyl sites for hydroxylation is 2. The van der Waals surface area contributed by atoms with E-state index in [9.17, 15) is 14.0 Å². The topological polar surface area (TPSA) is 91.4 Å². The Bertz CT molecular complexity index is 742. The monoisotopic (exact) mass is 349 g/mol. The van der Waals surface area contributed by atoms with Crippen molar-refractivity contribution in [3.8, 4) is 0 Å². The zero-order chi connectivity index (χ0) is 18.1. The van der Waals surface area contributed by atoms with E-state index in [1.165, 1.54) is 6.92 Å². The fraction of sp³-hybridized carbons (Fsp3) is 0.562. The molecule has 0 bridgehead atoms. The first-order valence-corrected chi connectivity index (χ1v) is 8.13. The molecule has 2 aliphatic rings. The van der Waals surface area contributed by atoms with E-state index in [0.717, 1.165) is 11.3 Å². The van der Waals surface area contributed by atoms with Crippen LogP contribution in [0.3, 0.4) is 0 Å². The number of halogens is 1. The van der Waals surface area contributed by atoms with Gasteiger partial charge in [-0.2, -0.15) is 4.99 Å². The van der Waals surface area contributed by atoms with Crippen molar-refractivity contribution in [2.24, 2.45) is 9.98 Å². The highest BCUT2D eigenvalue weighted by Gasteiger charge is 2.30. The minimum Gasteiger partial charge on any atom is -0.361 e. The molecule has 0 aromatic carbocycles. The van der Waals surface area contributed by atoms with Gasteiger partial charge in [0.2, 0.25) is 18.0 Å². The molecule has 3 rings (SSSR count). The predicted octanol–water partition coefficient (Wildman–Crippen LogP) is 0.673. The molecule has 0 saturated carbocycles. The molecule has 3 heterocycles. The van der Waals surface area contributed by atoms with Gasteiger partial charge in [-0.3, -0.25) is 9.59 Å². The Hall–Kier alpha value is -2.58. The first kappa shape index (κ1) is 17.2. The lowest BCUT2D eigenvalue weighted by Gasteiger charge is -2.35. The van der Waals surface area contributed by atoms with Crippen molar-refractivity contribution in [1.29, 1.82) is 0 Å². The second-order valence-corrected chi connectivity index (χ2v) is 6.21. The molecule has 1 fully saturated rings. The first-order chi connectivity index (χ1) is 11.9. The molecule has 25 heavy (non-hydrogen) atoms. The van der Waals surface area contributed by atoms with Crippen molar-refractivity contribution < 1.29 is 18.5 Å².